The molecule has 0 heterocycles. The van der Waals surface area contributed by atoms with E-state index in [2.05, 4.69) is 159 Å². The SMILES string of the molecule is C[Si](C)(C1c2ccccc2-c2ccccc21)C1c2cc(-c3ccccc3)ccc2-c2ccc(-c3ccccc3)cc21. The van der Waals surface area contributed by atoms with Crippen LogP contribution >= 0.6 is 0 Å². The van der Waals surface area contributed by atoms with Crippen LogP contribution in [0, 0.1) is 0 Å². The van der Waals surface area contributed by atoms with Crippen LogP contribution in [-0.2, 0) is 0 Å². The maximum Gasteiger partial charge on any atom is 0.0731 e. The summed E-state index contributed by atoms with van der Waals surface area (Å²) >= 11 is 0. The Morgan fingerprint density at radius 2 is 0.707 bits per heavy atom. The van der Waals surface area contributed by atoms with Crippen molar-refractivity contribution in [1.29, 1.82) is 0 Å². The molecule has 0 radical (unpaired) electrons. The average molecular weight is 541 g/mol. The summed E-state index contributed by atoms with van der Waals surface area (Å²) in [6, 6.07) is 54.5. The number of rotatable bonds is 4. The number of hydrogen-bond acceptors (Lipinski definition) is 0. The first-order valence-electron chi connectivity index (χ1n) is 14.7. The summed E-state index contributed by atoms with van der Waals surface area (Å²) in [7, 11) is -2.09. The highest BCUT2D eigenvalue weighted by Crippen LogP contribution is 2.58. The van der Waals surface area contributed by atoms with Crippen molar-refractivity contribution in [2.24, 2.45) is 0 Å². The normalized spacial score (nSPS) is 13.9. The monoisotopic (exact) mass is 540 g/mol. The van der Waals surface area contributed by atoms with Crippen molar-refractivity contribution >= 4 is 8.07 Å². The van der Waals surface area contributed by atoms with Crippen LogP contribution in [0.4, 0.5) is 0 Å². The Labute approximate surface area is 244 Å². The molecule has 0 aromatic heterocycles. The van der Waals surface area contributed by atoms with Gasteiger partial charge in [-0.3, -0.25) is 0 Å². The van der Waals surface area contributed by atoms with Crippen LogP contribution in [0.5, 0.6) is 0 Å². The number of hydrogen-bond donors (Lipinski definition) is 0. The van der Waals surface area contributed by atoms with Crippen molar-refractivity contribution in [3.63, 3.8) is 0 Å². The molecule has 0 aliphatic heterocycles. The summed E-state index contributed by atoms with van der Waals surface area (Å²) in [5.74, 6) is 0. The molecule has 2 aliphatic rings. The van der Waals surface area contributed by atoms with E-state index in [1.54, 1.807) is 0 Å². The van der Waals surface area contributed by atoms with Crippen LogP contribution in [0.25, 0.3) is 44.5 Å². The summed E-state index contributed by atoms with van der Waals surface area (Å²) in [5.41, 5.74) is 17.7. The van der Waals surface area contributed by atoms with Crippen molar-refractivity contribution in [2.45, 2.75) is 24.2 Å². The maximum atomic E-state index is 2.64. The molecule has 0 bridgehead atoms. The van der Waals surface area contributed by atoms with Crippen molar-refractivity contribution < 1.29 is 0 Å². The van der Waals surface area contributed by atoms with Gasteiger partial charge in [0.2, 0.25) is 0 Å². The van der Waals surface area contributed by atoms with E-state index < -0.39 is 8.07 Å². The van der Waals surface area contributed by atoms with E-state index in [-0.39, 0.29) is 0 Å². The molecule has 0 unspecified atom stereocenters. The van der Waals surface area contributed by atoms with Gasteiger partial charge < -0.3 is 0 Å². The Bertz CT molecular complexity index is 1780. The molecule has 8 rings (SSSR count). The van der Waals surface area contributed by atoms with Gasteiger partial charge in [-0.25, -0.2) is 0 Å². The summed E-state index contributed by atoms with van der Waals surface area (Å²) in [5, 5.41) is 0. The Morgan fingerprint density at radius 1 is 0.341 bits per heavy atom. The first-order valence-corrected chi connectivity index (χ1v) is 17.8. The van der Waals surface area contributed by atoms with E-state index in [0.29, 0.717) is 11.1 Å². The molecule has 0 nitrogen and oxygen atoms in total. The van der Waals surface area contributed by atoms with Crippen LogP contribution in [0.15, 0.2) is 146 Å². The van der Waals surface area contributed by atoms with Crippen LogP contribution in [0.2, 0.25) is 13.1 Å². The molecule has 0 N–H and O–H groups in total. The minimum atomic E-state index is -2.09. The molecule has 0 saturated carbocycles. The predicted octanol–water partition coefficient (Wildman–Crippen LogP) is 10.7. The fraction of sp³-hybridized carbons (Fsp3) is 0.100. The quantitative estimate of drug-likeness (QED) is 0.195. The molecule has 0 saturated heterocycles. The first kappa shape index (κ1) is 24.3. The molecule has 6 aromatic carbocycles. The van der Waals surface area contributed by atoms with Gasteiger partial charge >= 0.3 is 0 Å². The lowest BCUT2D eigenvalue weighted by Crippen LogP contribution is -2.42. The van der Waals surface area contributed by atoms with Gasteiger partial charge in [0.1, 0.15) is 0 Å². The zero-order chi connectivity index (χ0) is 27.6. The van der Waals surface area contributed by atoms with Gasteiger partial charge in [0.15, 0.2) is 0 Å². The number of benzene rings is 6. The fourth-order valence-electron chi connectivity index (χ4n) is 7.81. The highest BCUT2D eigenvalue weighted by atomic mass is 28.3. The fourth-order valence-corrected chi connectivity index (χ4v) is 12.3. The van der Waals surface area contributed by atoms with E-state index in [0.717, 1.165) is 0 Å². The zero-order valence-corrected chi connectivity index (χ0v) is 24.5. The minimum absolute atomic E-state index is 0.379. The highest BCUT2D eigenvalue weighted by molar-refractivity contribution is 6.82. The lowest BCUT2D eigenvalue weighted by Gasteiger charge is -2.38. The summed E-state index contributed by atoms with van der Waals surface area (Å²) in [4.78, 5) is 0. The smallest absolute Gasteiger partial charge is 0.0679 e. The standard InChI is InChI=1S/C40H32Si/c1-41(2,39-35-19-11-9-17-31(35)32-18-10-12-20-36(32)39)40-37-25-29(27-13-5-3-6-14-27)21-23-33(37)34-24-22-30(26-38(34)40)28-15-7-4-8-16-28/h3-26,39-40H,1-2H3. The van der Waals surface area contributed by atoms with Crippen molar-refractivity contribution in [3.05, 3.63) is 168 Å². The second kappa shape index (κ2) is 9.29. The molecular weight excluding hydrogens is 509 g/mol. The van der Waals surface area contributed by atoms with Gasteiger partial charge in [0, 0.05) is 11.1 Å². The first-order chi connectivity index (χ1) is 20.1. The van der Waals surface area contributed by atoms with Gasteiger partial charge in [-0.15, -0.1) is 0 Å². The minimum Gasteiger partial charge on any atom is -0.0679 e. The van der Waals surface area contributed by atoms with E-state index in [1.807, 2.05) is 0 Å². The molecule has 0 fully saturated rings. The largest absolute Gasteiger partial charge is 0.0731 e. The van der Waals surface area contributed by atoms with Crippen LogP contribution in [-0.4, -0.2) is 8.07 Å². The Balaban J connectivity index is 1.36. The molecular formula is C40H32Si. The average Bonchev–Trinajstić information content (AvgIpc) is 3.55. The molecule has 0 spiro atoms. The Hall–Kier alpha value is -4.46. The predicted molar refractivity (Wildman–Crippen MR) is 176 cm³/mol. The van der Waals surface area contributed by atoms with Crippen LogP contribution in [0.1, 0.15) is 33.3 Å². The topological polar surface area (TPSA) is 0 Å². The zero-order valence-electron chi connectivity index (χ0n) is 23.5. The van der Waals surface area contributed by atoms with E-state index in [9.17, 15) is 0 Å². The van der Waals surface area contributed by atoms with Crippen molar-refractivity contribution in [3.8, 4) is 44.5 Å². The van der Waals surface area contributed by atoms with Gasteiger partial charge in [-0.05, 0) is 66.8 Å². The second-order valence-corrected chi connectivity index (χ2v) is 17.0. The lowest BCUT2D eigenvalue weighted by molar-refractivity contribution is 1.01. The molecule has 0 atom stereocenters. The summed E-state index contributed by atoms with van der Waals surface area (Å²) in [6.45, 7) is 5.29. The van der Waals surface area contributed by atoms with Gasteiger partial charge in [-0.1, -0.05) is 159 Å². The third-order valence-electron chi connectivity index (χ3n) is 9.55. The highest BCUT2D eigenvalue weighted by Gasteiger charge is 2.49. The summed E-state index contributed by atoms with van der Waals surface area (Å²) in [6.07, 6.45) is 0. The molecule has 2 aliphatic carbocycles. The van der Waals surface area contributed by atoms with Crippen molar-refractivity contribution in [2.75, 3.05) is 0 Å². The Kier molecular flexibility index (Phi) is 5.52. The van der Waals surface area contributed by atoms with E-state index in [4.69, 9.17) is 0 Å². The van der Waals surface area contributed by atoms with Crippen LogP contribution < -0.4 is 0 Å². The third kappa shape index (κ3) is 3.73. The van der Waals surface area contributed by atoms with Crippen molar-refractivity contribution in [1.82, 2.24) is 0 Å². The lowest BCUT2D eigenvalue weighted by atomic mass is 9.98. The van der Waals surface area contributed by atoms with E-state index >= 15 is 0 Å². The Morgan fingerprint density at radius 3 is 1.17 bits per heavy atom. The van der Waals surface area contributed by atoms with Gasteiger partial charge in [0.25, 0.3) is 0 Å². The van der Waals surface area contributed by atoms with Gasteiger partial charge in [-0.2, -0.15) is 0 Å². The van der Waals surface area contributed by atoms with E-state index in [1.165, 1.54) is 66.8 Å². The van der Waals surface area contributed by atoms with Gasteiger partial charge in [0.05, 0.1) is 8.07 Å². The molecule has 0 amide bonds. The summed E-state index contributed by atoms with van der Waals surface area (Å²) < 4.78 is 0. The molecule has 6 aromatic rings. The number of fused-ring (bicyclic) bond motifs is 6. The molecule has 196 valence electrons. The second-order valence-electron chi connectivity index (χ2n) is 12.2. The maximum absolute atomic E-state index is 2.64. The molecule has 1 heteroatoms. The van der Waals surface area contributed by atoms with Crippen LogP contribution in [0.3, 0.4) is 0 Å². The molecule has 41 heavy (non-hydrogen) atoms. The third-order valence-corrected chi connectivity index (χ3v) is 13.8.